The number of methoxy groups -OCH3 is 2. The normalized spacial score (nSPS) is 17.6. The number of rotatable bonds is 14. The van der Waals surface area contributed by atoms with Crippen LogP contribution in [0, 0.1) is 0 Å². The maximum Gasteiger partial charge on any atom is 0.407 e. The summed E-state index contributed by atoms with van der Waals surface area (Å²) in [6, 6.07) is 24.9. The van der Waals surface area contributed by atoms with Crippen molar-refractivity contribution in [2.24, 2.45) is 0 Å². The first-order valence-corrected chi connectivity index (χ1v) is 25.4. The second kappa shape index (κ2) is 19.8. The first-order chi connectivity index (χ1) is 32.1. The average Bonchev–Trinajstić information content (AvgIpc) is 3.91. The van der Waals surface area contributed by atoms with Crippen molar-refractivity contribution in [3.63, 3.8) is 0 Å². The maximum absolute atomic E-state index is 13.6. The van der Waals surface area contributed by atoms with Gasteiger partial charge in [0, 0.05) is 13.1 Å². The summed E-state index contributed by atoms with van der Waals surface area (Å²) >= 11 is 3.26. The monoisotopic (exact) mass is 928 g/mol. The summed E-state index contributed by atoms with van der Waals surface area (Å²) in [4.78, 5) is 72.0. The highest BCUT2D eigenvalue weighted by Gasteiger charge is 2.40. The van der Waals surface area contributed by atoms with Crippen LogP contribution in [0.2, 0.25) is 0 Å². The van der Waals surface area contributed by atoms with E-state index in [1.165, 1.54) is 47.6 Å². The fourth-order valence-electron chi connectivity index (χ4n) is 9.46. The Labute approximate surface area is 392 Å². The zero-order valence-electron chi connectivity index (χ0n) is 37.8. The molecule has 4 atom stereocenters. The molecule has 2 saturated heterocycles. The summed E-state index contributed by atoms with van der Waals surface area (Å²) in [5.74, 6) is 2.74. The Morgan fingerprint density at radius 1 is 0.636 bits per heavy atom. The molecule has 4 aliphatic carbocycles. The Morgan fingerprint density at radius 3 is 1.45 bits per heavy atom. The van der Waals surface area contributed by atoms with E-state index in [9.17, 15) is 19.2 Å². The molecule has 4 N–H and O–H groups in total. The Balaban J connectivity index is 0.917. The smallest absolute Gasteiger partial charge is 0.407 e. The first-order valence-electron chi connectivity index (χ1n) is 22.7. The van der Waals surface area contributed by atoms with E-state index in [-0.39, 0.29) is 23.9 Å². The number of aryl methyl sites for hydroxylation is 4. The molecule has 0 saturated carbocycles. The molecule has 4 aromatic carbocycles. The van der Waals surface area contributed by atoms with Gasteiger partial charge in [-0.25, -0.2) is 19.6 Å². The van der Waals surface area contributed by atoms with E-state index in [2.05, 4.69) is 93.4 Å². The topological polar surface area (TPSA) is 175 Å². The SMILES string of the molecule is COC(=O)NC(CCSC)C(=O)N1CCC1c1nc2ccc(-c3cc4ccc3CCc3ccc(c(-c5ccc6nc(C7CCN7C(=O)C(CCSC)NC(=O)OC)[nH]c6c5)c3)CC4)cc2[nH]1. The molecule has 2 fully saturated rings. The molecule has 16 heteroatoms. The zero-order valence-corrected chi connectivity index (χ0v) is 39.4. The van der Waals surface area contributed by atoms with Crippen LogP contribution in [0.3, 0.4) is 0 Å². The first kappa shape index (κ1) is 45.2. The Kier molecular flexibility index (Phi) is 13.6. The number of benzene rings is 4. The number of carbonyl (C=O) groups is 4. The van der Waals surface area contributed by atoms with Crippen molar-refractivity contribution in [2.75, 3.05) is 51.3 Å². The standard InChI is InChI=1S/C50H56N8O6S2/c1-63-49(61)55-39(19-23-65-3)47(59)57-21-17-43(57)45-51-37-15-13-33(27-41(37)53-45)35-25-29-5-9-31(35)11-7-30-6-10-32(12-8-29)36(26-30)34-14-16-38-42(28-34)54-46(52-38)44-18-22-58(44)48(60)40(20-24-66-4)56-50(62)64-2/h5-6,9-10,13-16,25-28,39-40,43-44H,7-8,11-12,17-24H2,1-4H3,(H,51,53)(H,52,54)(H,55,61)(H,56,62). The van der Waals surface area contributed by atoms with E-state index in [0.717, 1.165) is 94.9 Å². The van der Waals surface area contributed by atoms with Gasteiger partial charge in [-0.15, -0.1) is 0 Å². The summed E-state index contributed by atoms with van der Waals surface area (Å²) in [7, 11) is 2.61. The number of hydrogen-bond acceptors (Lipinski definition) is 10. The van der Waals surface area contributed by atoms with Crippen molar-refractivity contribution in [3.05, 3.63) is 107 Å². The van der Waals surface area contributed by atoms with Gasteiger partial charge in [0.15, 0.2) is 0 Å². The summed E-state index contributed by atoms with van der Waals surface area (Å²) < 4.78 is 9.62. The molecule has 4 amide bonds. The highest BCUT2D eigenvalue weighted by Crippen LogP contribution is 2.38. The van der Waals surface area contributed by atoms with Gasteiger partial charge < -0.3 is 39.9 Å². The van der Waals surface area contributed by atoms with Crippen molar-refractivity contribution in [3.8, 4) is 22.3 Å². The highest BCUT2D eigenvalue weighted by atomic mass is 32.2. The number of aromatic amines is 2. The summed E-state index contributed by atoms with van der Waals surface area (Å²) in [6.07, 6.45) is 8.84. The van der Waals surface area contributed by atoms with Gasteiger partial charge in [-0.1, -0.05) is 48.5 Å². The van der Waals surface area contributed by atoms with E-state index >= 15 is 0 Å². The number of H-pyrrole nitrogens is 2. The average molecular weight is 929 g/mol. The van der Waals surface area contributed by atoms with Gasteiger partial charge in [0.05, 0.1) is 48.4 Å². The quantitative estimate of drug-likeness (QED) is 0.0835. The van der Waals surface area contributed by atoms with Gasteiger partial charge in [0.2, 0.25) is 11.8 Å². The molecule has 4 bridgehead atoms. The molecule has 6 aromatic rings. The van der Waals surface area contributed by atoms with Gasteiger partial charge in [0.1, 0.15) is 23.7 Å². The number of alkyl carbamates (subject to hydrolysis) is 2. The van der Waals surface area contributed by atoms with Gasteiger partial charge in [-0.3, -0.25) is 9.59 Å². The molecule has 4 unspecified atom stereocenters. The lowest BCUT2D eigenvalue weighted by molar-refractivity contribution is -0.142. The summed E-state index contributed by atoms with van der Waals surface area (Å²) in [5, 5.41) is 5.46. The molecule has 0 spiro atoms. The van der Waals surface area contributed by atoms with Crippen LogP contribution in [0.25, 0.3) is 44.3 Å². The van der Waals surface area contributed by atoms with E-state index < -0.39 is 24.3 Å². The minimum Gasteiger partial charge on any atom is -0.453 e. The van der Waals surface area contributed by atoms with Crippen LogP contribution in [-0.4, -0.2) is 117 Å². The second-order valence-corrected chi connectivity index (χ2v) is 19.3. The zero-order chi connectivity index (χ0) is 45.9. The van der Waals surface area contributed by atoms with Crippen molar-refractivity contribution in [1.29, 1.82) is 0 Å². The molecular weight excluding hydrogens is 873 g/mol. The molecule has 66 heavy (non-hydrogen) atoms. The van der Waals surface area contributed by atoms with E-state index in [1.54, 1.807) is 23.5 Å². The van der Waals surface area contributed by atoms with Crippen molar-refractivity contribution in [2.45, 2.75) is 75.5 Å². The Hall–Kier alpha value is -6.00. The largest absolute Gasteiger partial charge is 0.453 e. The van der Waals surface area contributed by atoms with E-state index in [1.807, 2.05) is 22.3 Å². The third kappa shape index (κ3) is 9.35. The molecule has 344 valence electrons. The molecule has 2 aliphatic heterocycles. The van der Waals surface area contributed by atoms with Crippen LogP contribution in [0.5, 0.6) is 0 Å². The second-order valence-electron chi connectivity index (χ2n) is 17.3. The predicted molar refractivity (Wildman–Crippen MR) is 261 cm³/mol. The number of aromatic nitrogens is 4. The number of carbonyl (C=O) groups excluding carboxylic acids is 4. The van der Waals surface area contributed by atoms with Gasteiger partial charge >= 0.3 is 12.2 Å². The molecule has 14 nitrogen and oxygen atoms in total. The fraction of sp³-hybridized carbons (Fsp3) is 0.400. The number of amides is 4. The Bertz CT molecular complexity index is 2600. The molecule has 6 aliphatic rings. The molecule has 0 radical (unpaired) electrons. The van der Waals surface area contributed by atoms with Crippen LogP contribution in [0.1, 0.15) is 71.7 Å². The van der Waals surface area contributed by atoms with Gasteiger partial charge in [-0.2, -0.15) is 23.5 Å². The summed E-state index contributed by atoms with van der Waals surface area (Å²) in [5.41, 5.74) is 13.3. The Morgan fingerprint density at radius 2 is 1.08 bits per heavy atom. The number of thioether (sulfide) groups is 2. The summed E-state index contributed by atoms with van der Waals surface area (Å²) in [6.45, 7) is 1.21. The van der Waals surface area contributed by atoms with Crippen molar-refractivity contribution in [1.82, 2.24) is 40.4 Å². The van der Waals surface area contributed by atoms with Gasteiger partial charge in [0.25, 0.3) is 0 Å². The van der Waals surface area contributed by atoms with Crippen LogP contribution in [0.4, 0.5) is 9.59 Å². The van der Waals surface area contributed by atoms with Crippen molar-refractivity contribution < 1.29 is 28.7 Å². The van der Waals surface area contributed by atoms with E-state index in [0.29, 0.717) is 25.9 Å². The third-order valence-corrected chi connectivity index (χ3v) is 14.6. The number of imidazole rings is 2. The lowest BCUT2D eigenvalue weighted by Crippen LogP contribution is -2.54. The molecular formula is C50H56N8O6S2. The highest BCUT2D eigenvalue weighted by molar-refractivity contribution is 7.98. The lowest BCUT2D eigenvalue weighted by atomic mass is 9.87. The molecule has 2 aromatic heterocycles. The number of nitrogens with zero attached hydrogens (tertiary/aromatic N) is 4. The fourth-order valence-corrected chi connectivity index (χ4v) is 10.4. The number of hydrogen-bond donors (Lipinski definition) is 4. The number of ether oxygens (including phenoxy) is 2. The van der Waals surface area contributed by atoms with Crippen molar-refractivity contribution >= 4 is 69.6 Å². The van der Waals surface area contributed by atoms with Crippen LogP contribution in [-0.2, 0) is 44.7 Å². The maximum atomic E-state index is 13.6. The molecule has 4 heterocycles. The number of fused-ring (bicyclic) bond motifs is 2. The third-order valence-electron chi connectivity index (χ3n) is 13.3. The van der Waals surface area contributed by atoms with E-state index in [4.69, 9.17) is 19.4 Å². The van der Waals surface area contributed by atoms with Crippen LogP contribution >= 0.6 is 23.5 Å². The minimum atomic E-state index is -0.655. The molecule has 12 rings (SSSR count). The minimum absolute atomic E-state index is 0.119. The lowest BCUT2D eigenvalue weighted by Gasteiger charge is -2.41. The predicted octanol–water partition coefficient (Wildman–Crippen LogP) is 8.16. The number of nitrogens with one attached hydrogen (secondary N) is 4. The van der Waals surface area contributed by atoms with Crippen LogP contribution < -0.4 is 10.6 Å². The number of likely N-dealkylation sites (tertiary alicyclic amines) is 2. The van der Waals surface area contributed by atoms with Crippen LogP contribution in [0.15, 0.2) is 72.8 Å². The van der Waals surface area contributed by atoms with Gasteiger partial charge in [-0.05, 0) is 144 Å².